The average molecular weight is 372 g/mol. The molecular formula is C16H28N4O4S. The Hall–Kier alpha value is -1.42. The van der Waals surface area contributed by atoms with Gasteiger partial charge < -0.3 is 19.5 Å². The Labute approximate surface area is 149 Å². The highest BCUT2D eigenvalue weighted by molar-refractivity contribution is 7.89. The van der Waals surface area contributed by atoms with E-state index in [2.05, 4.69) is 10.0 Å². The maximum atomic E-state index is 12.7. The third kappa shape index (κ3) is 4.60. The van der Waals surface area contributed by atoms with E-state index in [9.17, 15) is 13.2 Å². The summed E-state index contributed by atoms with van der Waals surface area (Å²) in [6.45, 7) is 2.52. The molecule has 0 atom stereocenters. The minimum Gasteiger partial charge on any atom is -0.384 e. The Kier molecular flexibility index (Phi) is 6.26. The van der Waals surface area contributed by atoms with Crippen molar-refractivity contribution < 1.29 is 17.9 Å². The Morgan fingerprint density at radius 1 is 1.40 bits per heavy atom. The van der Waals surface area contributed by atoms with Crippen molar-refractivity contribution in [1.29, 1.82) is 0 Å². The van der Waals surface area contributed by atoms with Crippen molar-refractivity contribution >= 4 is 15.9 Å². The van der Waals surface area contributed by atoms with E-state index in [1.165, 1.54) is 21.7 Å². The van der Waals surface area contributed by atoms with E-state index in [4.69, 9.17) is 4.74 Å². The van der Waals surface area contributed by atoms with Crippen molar-refractivity contribution in [2.75, 3.05) is 47.4 Å². The molecule has 0 unspecified atom stereocenters. The van der Waals surface area contributed by atoms with Crippen LogP contribution in [0.25, 0.3) is 0 Å². The first-order valence-electron chi connectivity index (χ1n) is 8.28. The van der Waals surface area contributed by atoms with Gasteiger partial charge in [0.05, 0.1) is 6.61 Å². The van der Waals surface area contributed by atoms with Crippen LogP contribution in [0.5, 0.6) is 0 Å². The van der Waals surface area contributed by atoms with Gasteiger partial charge in [-0.1, -0.05) is 0 Å². The van der Waals surface area contributed by atoms with Crippen LogP contribution in [-0.2, 0) is 21.8 Å². The summed E-state index contributed by atoms with van der Waals surface area (Å²) in [6.07, 6.45) is 3.16. The molecule has 25 heavy (non-hydrogen) atoms. The number of ether oxygens (including phenoxy) is 1. The minimum atomic E-state index is -3.69. The maximum Gasteiger partial charge on any atom is 0.269 e. The molecule has 1 saturated heterocycles. The number of aryl methyl sites for hydroxylation is 1. The smallest absolute Gasteiger partial charge is 0.269 e. The number of hydrogen-bond acceptors (Lipinski definition) is 5. The van der Waals surface area contributed by atoms with E-state index >= 15 is 0 Å². The summed E-state index contributed by atoms with van der Waals surface area (Å²) in [4.78, 5) is 13.6. The molecule has 2 heterocycles. The minimum absolute atomic E-state index is 0.0988. The summed E-state index contributed by atoms with van der Waals surface area (Å²) in [6, 6.07) is 1.41. The number of nitrogens with zero attached hydrogens (tertiary/aromatic N) is 2. The van der Waals surface area contributed by atoms with Gasteiger partial charge in [-0.25, -0.2) is 13.1 Å². The Morgan fingerprint density at radius 3 is 2.60 bits per heavy atom. The fourth-order valence-electron chi connectivity index (χ4n) is 3.09. The molecule has 8 nitrogen and oxygen atoms in total. The summed E-state index contributed by atoms with van der Waals surface area (Å²) in [5.41, 5.74) is 0.128. The van der Waals surface area contributed by atoms with E-state index in [1.54, 1.807) is 28.3 Å². The topological polar surface area (TPSA) is 92.7 Å². The number of piperidine rings is 1. The number of hydrogen-bond donors (Lipinski definition) is 2. The number of carbonyl (C=O) groups is 1. The molecule has 0 aliphatic carbocycles. The van der Waals surface area contributed by atoms with Gasteiger partial charge in [0, 0.05) is 46.4 Å². The normalized spacial score (nSPS) is 17.4. The number of nitrogens with one attached hydrogen (secondary N) is 2. The van der Waals surface area contributed by atoms with E-state index in [0.717, 1.165) is 25.9 Å². The quantitative estimate of drug-likeness (QED) is 0.704. The van der Waals surface area contributed by atoms with Crippen molar-refractivity contribution in [1.82, 2.24) is 19.5 Å². The van der Waals surface area contributed by atoms with Gasteiger partial charge in [0.15, 0.2) is 0 Å². The number of carbonyl (C=O) groups excluding carboxylic acids is 1. The van der Waals surface area contributed by atoms with Crippen LogP contribution in [0.3, 0.4) is 0 Å². The van der Waals surface area contributed by atoms with E-state index in [0.29, 0.717) is 18.8 Å². The highest BCUT2D eigenvalue weighted by Crippen LogP contribution is 2.29. The second-order valence-electron chi connectivity index (χ2n) is 6.88. The van der Waals surface area contributed by atoms with Crippen molar-refractivity contribution in [3.63, 3.8) is 0 Å². The van der Waals surface area contributed by atoms with Crippen LogP contribution >= 0.6 is 0 Å². The molecule has 0 spiro atoms. The van der Waals surface area contributed by atoms with Crippen LogP contribution in [0.1, 0.15) is 23.3 Å². The fraction of sp³-hybridized carbons (Fsp3) is 0.688. The second-order valence-corrected chi connectivity index (χ2v) is 8.65. The summed E-state index contributed by atoms with van der Waals surface area (Å²) < 4.78 is 34.9. The van der Waals surface area contributed by atoms with Crippen molar-refractivity contribution in [3.05, 3.63) is 18.0 Å². The maximum absolute atomic E-state index is 12.7. The van der Waals surface area contributed by atoms with Crippen molar-refractivity contribution in [3.8, 4) is 0 Å². The molecule has 2 N–H and O–H groups in total. The number of methoxy groups -OCH3 is 1. The van der Waals surface area contributed by atoms with E-state index < -0.39 is 10.0 Å². The third-order valence-electron chi connectivity index (χ3n) is 4.67. The molecule has 1 fully saturated rings. The number of rotatable bonds is 7. The monoisotopic (exact) mass is 372 g/mol. The third-order valence-corrected chi connectivity index (χ3v) is 6.04. The summed E-state index contributed by atoms with van der Waals surface area (Å²) in [7, 11) is 2.87. The standard InChI is InChI=1S/C16H28N4O4S/c1-19(2)15(21)14-9-13(10-20(14)3)25(22,23)18-11-16(12-24-4)5-7-17-8-6-16/h9-10,17-18H,5-8,11-12H2,1-4H3. The number of aromatic nitrogens is 1. The number of sulfonamides is 1. The van der Waals surface area contributed by atoms with Gasteiger partial charge in [0.25, 0.3) is 5.91 Å². The molecule has 0 aromatic carbocycles. The van der Waals surface area contributed by atoms with Gasteiger partial charge in [0.2, 0.25) is 10.0 Å². The fourth-order valence-corrected chi connectivity index (χ4v) is 4.32. The van der Waals surface area contributed by atoms with E-state index in [1.807, 2.05) is 0 Å². The van der Waals surface area contributed by atoms with Crippen LogP contribution in [0.15, 0.2) is 17.2 Å². The highest BCUT2D eigenvalue weighted by atomic mass is 32.2. The predicted octanol–water partition coefficient (Wildman–Crippen LogP) is 0.0214. The summed E-state index contributed by atoms with van der Waals surface area (Å²) >= 11 is 0. The predicted molar refractivity (Wildman–Crippen MR) is 95.0 cm³/mol. The summed E-state index contributed by atoms with van der Waals surface area (Å²) in [5, 5.41) is 3.28. The molecule has 1 aliphatic heterocycles. The molecule has 9 heteroatoms. The van der Waals surface area contributed by atoms with Crippen molar-refractivity contribution in [2.45, 2.75) is 17.7 Å². The van der Waals surface area contributed by atoms with Gasteiger partial charge >= 0.3 is 0 Å². The first kappa shape index (κ1) is 19.9. The molecule has 1 aromatic rings. The highest BCUT2D eigenvalue weighted by Gasteiger charge is 2.34. The van der Waals surface area contributed by atoms with Gasteiger partial charge in [-0.3, -0.25) is 4.79 Å². The Bertz CT molecular complexity index is 700. The van der Waals surface area contributed by atoms with Crippen LogP contribution in [0.4, 0.5) is 0 Å². The molecule has 0 radical (unpaired) electrons. The van der Waals surface area contributed by atoms with E-state index in [-0.39, 0.29) is 16.2 Å². The van der Waals surface area contributed by atoms with Gasteiger partial charge in [0.1, 0.15) is 10.6 Å². The molecule has 0 saturated carbocycles. The Balaban J connectivity index is 2.16. The SMILES string of the molecule is COCC1(CNS(=O)(=O)c2cc(C(=O)N(C)C)n(C)c2)CCNCC1. The van der Waals surface area contributed by atoms with Gasteiger partial charge in [-0.15, -0.1) is 0 Å². The molecule has 142 valence electrons. The van der Waals surface area contributed by atoms with Crippen LogP contribution < -0.4 is 10.0 Å². The van der Waals surface area contributed by atoms with Crippen molar-refractivity contribution in [2.24, 2.45) is 12.5 Å². The van der Waals surface area contributed by atoms with Gasteiger partial charge in [-0.05, 0) is 32.0 Å². The largest absolute Gasteiger partial charge is 0.384 e. The zero-order chi connectivity index (χ0) is 18.7. The first-order valence-corrected chi connectivity index (χ1v) is 9.76. The molecule has 1 amide bonds. The molecule has 0 bridgehead atoms. The summed E-state index contributed by atoms with van der Waals surface area (Å²) in [5.74, 6) is -0.238. The molecule has 1 aliphatic rings. The lowest BCUT2D eigenvalue weighted by molar-refractivity contribution is 0.0577. The second kappa shape index (κ2) is 7.86. The lowest BCUT2D eigenvalue weighted by Crippen LogP contribution is -2.47. The lowest BCUT2D eigenvalue weighted by atomic mass is 9.80. The van der Waals surface area contributed by atoms with Crippen LogP contribution in [0, 0.1) is 5.41 Å². The average Bonchev–Trinajstić information content (AvgIpc) is 2.96. The zero-order valence-electron chi connectivity index (χ0n) is 15.3. The lowest BCUT2D eigenvalue weighted by Gasteiger charge is -2.37. The molecule has 2 rings (SSSR count). The number of amides is 1. The first-order chi connectivity index (χ1) is 11.7. The van der Waals surface area contributed by atoms with Gasteiger partial charge in [-0.2, -0.15) is 0 Å². The van der Waals surface area contributed by atoms with Crippen LogP contribution in [0.2, 0.25) is 0 Å². The molecule has 1 aromatic heterocycles. The van der Waals surface area contributed by atoms with Crippen LogP contribution in [-0.4, -0.2) is 71.2 Å². The zero-order valence-corrected chi connectivity index (χ0v) is 16.1. The Morgan fingerprint density at radius 2 is 2.04 bits per heavy atom. The molecular weight excluding hydrogens is 344 g/mol.